The minimum absolute atomic E-state index is 0.0537. The zero-order valence-corrected chi connectivity index (χ0v) is 17.0. The van der Waals surface area contributed by atoms with Crippen LogP contribution in [0.4, 0.5) is 11.4 Å². The second kappa shape index (κ2) is 7.94. The molecular weight excluding hydrogens is 420 g/mol. The van der Waals surface area contributed by atoms with E-state index in [2.05, 4.69) is 0 Å². The van der Waals surface area contributed by atoms with Gasteiger partial charge in [-0.25, -0.2) is 0 Å². The Hall–Kier alpha value is -3.55. The van der Waals surface area contributed by atoms with Gasteiger partial charge in [-0.2, -0.15) is 0 Å². The van der Waals surface area contributed by atoms with Crippen LogP contribution in [0.5, 0.6) is 0 Å². The summed E-state index contributed by atoms with van der Waals surface area (Å²) in [5.74, 6) is -1.01. The van der Waals surface area contributed by atoms with Crippen molar-refractivity contribution >= 4 is 34.7 Å². The normalized spacial score (nSPS) is 17.5. The maximum atomic E-state index is 13.3. The van der Waals surface area contributed by atoms with Crippen molar-refractivity contribution in [2.24, 2.45) is 0 Å². The van der Waals surface area contributed by atoms with Crippen LogP contribution in [0, 0.1) is 10.1 Å². The van der Waals surface area contributed by atoms with Gasteiger partial charge in [0.2, 0.25) is 0 Å². The number of nitro benzene ring substituents is 1. The van der Waals surface area contributed by atoms with E-state index in [1.807, 2.05) is 0 Å². The minimum atomic E-state index is -2.01. The molecule has 1 N–H and O–H groups in total. The van der Waals surface area contributed by atoms with Gasteiger partial charge in [-0.1, -0.05) is 41.9 Å². The number of non-ortho nitro benzene ring substituents is 1. The highest BCUT2D eigenvalue weighted by Crippen LogP contribution is 2.43. The summed E-state index contributed by atoms with van der Waals surface area (Å²) in [5, 5.41) is 22.7. The molecular formula is C23H17ClN2O5. The molecule has 3 aromatic carbocycles. The van der Waals surface area contributed by atoms with Crippen LogP contribution < -0.4 is 4.90 Å². The Morgan fingerprint density at radius 3 is 2.32 bits per heavy atom. The number of ketones is 1. The smallest absolute Gasteiger partial charge is 0.269 e. The van der Waals surface area contributed by atoms with Crippen LogP contribution >= 0.6 is 11.6 Å². The van der Waals surface area contributed by atoms with E-state index in [-0.39, 0.29) is 18.0 Å². The number of carbonyl (C=O) groups excluding carboxylic acids is 2. The third kappa shape index (κ3) is 3.81. The van der Waals surface area contributed by atoms with Gasteiger partial charge in [0.15, 0.2) is 11.4 Å². The fourth-order valence-electron chi connectivity index (χ4n) is 3.71. The number of fused-ring (bicyclic) bond motifs is 1. The van der Waals surface area contributed by atoms with Crippen molar-refractivity contribution in [2.75, 3.05) is 4.90 Å². The summed E-state index contributed by atoms with van der Waals surface area (Å²) < 4.78 is 0. The highest BCUT2D eigenvalue weighted by Gasteiger charge is 2.50. The SMILES string of the molecule is O=C(C[C@]1(O)C(=O)N(Cc2ccc([N+](=O)[O-])cc2)c2ccccc21)c1ccc(Cl)cc1. The zero-order valence-electron chi connectivity index (χ0n) is 16.2. The molecule has 1 atom stereocenters. The van der Waals surface area contributed by atoms with Gasteiger partial charge in [-0.05, 0) is 35.9 Å². The number of halogens is 1. The summed E-state index contributed by atoms with van der Waals surface area (Å²) >= 11 is 5.87. The lowest BCUT2D eigenvalue weighted by Crippen LogP contribution is -2.41. The fourth-order valence-corrected chi connectivity index (χ4v) is 3.84. The molecule has 156 valence electrons. The van der Waals surface area contributed by atoms with Gasteiger partial charge in [0.05, 0.1) is 23.6 Å². The number of anilines is 1. The van der Waals surface area contributed by atoms with E-state index in [1.54, 1.807) is 60.7 Å². The quantitative estimate of drug-likeness (QED) is 0.353. The number of nitrogens with zero attached hydrogens (tertiary/aromatic N) is 2. The van der Waals surface area contributed by atoms with Crippen molar-refractivity contribution in [3.05, 3.63) is 105 Å². The minimum Gasteiger partial charge on any atom is -0.375 e. The Balaban J connectivity index is 1.64. The molecule has 0 aromatic heterocycles. The third-order valence-corrected chi connectivity index (χ3v) is 5.56. The molecule has 0 radical (unpaired) electrons. The van der Waals surface area contributed by atoms with Crippen LogP contribution in [0.1, 0.15) is 27.9 Å². The first kappa shape index (κ1) is 20.7. The van der Waals surface area contributed by atoms with Crippen LogP contribution in [0.2, 0.25) is 5.02 Å². The lowest BCUT2D eigenvalue weighted by Gasteiger charge is -2.23. The average Bonchev–Trinajstić information content (AvgIpc) is 2.96. The first-order valence-electron chi connectivity index (χ1n) is 9.45. The third-order valence-electron chi connectivity index (χ3n) is 5.31. The van der Waals surface area contributed by atoms with Crippen LogP contribution in [0.25, 0.3) is 0 Å². The number of Topliss-reactive ketones (excluding diaryl/α,β-unsaturated/α-hetero) is 1. The number of hydrogen-bond donors (Lipinski definition) is 1. The Morgan fingerprint density at radius 1 is 1.03 bits per heavy atom. The second-order valence-corrected chi connectivity index (χ2v) is 7.74. The van der Waals surface area contributed by atoms with E-state index in [0.29, 0.717) is 27.4 Å². The number of aliphatic hydroxyl groups is 1. The molecule has 3 aromatic rings. The summed E-state index contributed by atoms with van der Waals surface area (Å²) in [6, 6.07) is 18.8. The van der Waals surface area contributed by atoms with Crippen LogP contribution in [-0.2, 0) is 16.9 Å². The molecule has 0 aliphatic carbocycles. The van der Waals surface area contributed by atoms with Gasteiger partial charge in [-0.3, -0.25) is 19.7 Å². The highest BCUT2D eigenvalue weighted by atomic mass is 35.5. The first-order chi connectivity index (χ1) is 14.8. The molecule has 4 rings (SSSR count). The predicted molar refractivity (Wildman–Crippen MR) is 115 cm³/mol. The zero-order chi connectivity index (χ0) is 22.2. The molecule has 1 aliphatic heterocycles. The molecule has 7 nitrogen and oxygen atoms in total. The largest absolute Gasteiger partial charge is 0.375 e. The van der Waals surface area contributed by atoms with Crippen molar-refractivity contribution in [1.82, 2.24) is 0 Å². The topological polar surface area (TPSA) is 101 Å². The van der Waals surface area contributed by atoms with E-state index in [1.165, 1.54) is 17.0 Å². The van der Waals surface area contributed by atoms with E-state index in [4.69, 9.17) is 11.6 Å². The number of nitro groups is 1. The van der Waals surface area contributed by atoms with Gasteiger partial charge in [0, 0.05) is 28.3 Å². The predicted octanol–water partition coefficient (Wildman–Crippen LogP) is 4.26. The molecule has 0 saturated carbocycles. The summed E-state index contributed by atoms with van der Waals surface area (Å²) in [6.07, 6.45) is -0.415. The van der Waals surface area contributed by atoms with Crippen LogP contribution in [-0.4, -0.2) is 21.7 Å². The van der Waals surface area contributed by atoms with E-state index < -0.39 is 22.9 Å². The lowest BCUT2D eigenvalue weighted by molar-refractivity contribution is -0.384. The van der Waals surface area contributed by atoms with E-state index >= 15 is 0 Å². The van der Waals surface area contributed by atoms with Crippen LogP contribution in [0.15, 0.2) is 72.8 Å². The Kier molecular flexibility index (Phi) is 5.31. The number of rotatable bonds is 6. The average molecular weight is 437 g/mol. The molecule has 0 unspecified atom stereocenters. The summed E-state index contributed by atoms with van der Waals surface area (Å²) in [4.78, 5) is 37.8. The van der Waals surface area contributed by atoms with Crippen molar-refractivity contribution in [3.8, 4) is 0 Å². The van der Waals surface area contributed by atoms with Gasteiger partial charge in [-0.15, -0.1) is 0 Å². The van der Waals surface area contributed by atoms with Gasteiger partial charge in [0.1, 0.15) is 0 Å². The van der Waals surface area contributed by atoms with Gasteiger partial charge < -0.3 is 10.0 Å². The Labute approximate surface area is 182 Å². The standard InChI is InChI=1S/C23H17ClN2O5/c24-17-9-7-16(8-10-17)21(27)13-23(29)19-3-1-2-4-20(19)25(22(23)28)14-15-5-11-18(12-6-15)26(30)31/h1-12,29H,13-14H2/t23-/m1/s1. The molecule has 0 bridgehead atoms. The lowest BCUT2D eigenvalue weighted by atomic mass is 9.88. The summed E-state index contributed by atoms with van der Waals surface area (Å²) in [5.41, 5.74) is -0.212. The van der Waals surface area contributed by atoms with Crippen molar-refractivity contribution < 1.29 is 19.6 Å². The molecule has 8 heteroatoms. The van der Waals surface area contributed by atoms with Crippen molar-refractivity contribution in [1.29, 1.82) is 0 Å². The maximum Gasteiger partial charge on any atom is 0.269 e. The number of amides is 1. The van der Waals surface area contributed by atoms with Gasteiger partial charge >= 0.3 is 0 Å². The summed E-state index contributed by atoms with van der Waals surface area (Å²) in [7, 11) is 0. The molecule has 1 heterocycles. The Bertz CT molecular complexity index is 1180. The molecule has 0 saturated heterocycles. The molecule has 1 aliphatic rings. The first-order valence-corrected chi connectivity index (χ1v) is 9.83. The van der Waals surface area contributed by atoms with E-state index in [0.717, 1.165) is 0 Å². The second-order valence-electron chi connectivity index (χ2n) is 7.30. The number of para-hydroxylation sites is 1. The van der Waals surface area contributed by atoms with Crippen molar-refractivity contribution in [2.45, 2.75) is 18.6 Å². The maximum absolute atomic E-state index is 13.3. The fraction of sp³-hybridized carbons (Fsp3) is 0.130. The number of hydrogen-bond acceptors (Lipinski definition) is 5. The molecule has 0 spiro atoms. The number of carbonyl (C=O) groups is 2. The van der Waals surface area contributed by atoms with Crippen molar-refractivity contribution in [3.63, 3.8) is 0 Å². The molecule has 1 amide bonds. The molecule has 31 heavy (non-hydrogen) atoms. The number of benzene rings is 3. The van der Waals surface area contributed by atoms with E-state index in [9.17, 15) is 24.8 Å². The monoisotopic (exact) mass is 436 g/mol. The summed E-state index contributed by atoms with van der Waals surface area (Å²) in [6.45, 7) is 0.102. The Morgan fingerprint density at radius 2 is 1.68 bits per heavy atom. The highest BCUT2D eigenvalue weighted by molar-refractivity contribution is 6.30. The van der Waals surface area contributed by atoms with Gasteiger partial charge in [0.25, 0.3) is 11.6 Å². The van der Waals surface area contributed by atoms with Crippen LogP contribution in [0.3, 0.4) is 0 Å². The molecule has 0 fully saturated rings.